The minimum atomic E-state index is -4.73. The molecule has 0 bridgehead atoms. The van der Waals surface area contributed by atoms with Gasteiger partial charge < -0.3 is 11.1 Å². The van der Waals surface area contributed by atoms with Gasteiger partial charge in [-0.2, -0.15) is 13.2 Å². The number of hydrogen-bond donors (Lipinski definition) is 2. The van der Waals surface area contributed by atoms with Crippen LogP contribution in [0.15, 0.2) is 12.1 Å². The molecule has 0 aromatic heterocycles. The third-order valence-electron chi connectivity index (χ3n) is 2.33. The normalized spacial score (nSPS) is 12.7. The number of hydrogen-bond acceptors (Lipinski definition) is 2. The summed E-state index contributed by atoms with van der Waals surface area (Å²) in [7, 11) is 1.53. The molecule has 2 nitrogen and oxygen atoms in total. The first kappa shape index (κ1) is 16.7. The molecule has 1 aromatic carbocycles. The Kier molecular flexibility index (Phi) is 6.11. The van der Waals surface area contributed by atoms with Gasteiger partial charge in [-0.15, -0.1) is 0 Å². The fourth-order valence-corrected chi connectivity index (χ4v) is 1.35. The van der Waals surface area contributed by atoms with Gasteiger partial charge in [-0.05, 0) is 26.1 Å². The van der Waals surface area contributed by atoms with E-state index in [0.717, 1.165) is 0 Å². The smallest absolute Gasteiger partial charge is 0.399 e. The molecule has 0 unspecified atom stereocenters. The lowest BCUT2D eigenvalue weighted by Gasteiger charge is -2.16. The summed E-state index contributed by atoms with van der Waals surface area (Å²) in [5, 5.41) is 2.67. The van der Waals surface area contributed by atoms with E-state index in [2.05, 4.69) is 5.32 Å². The molecular weight excluding hydrogens is 248 g/mol. The summed E-state index contributed by atoms with van der Waals surface area (Å²) in [4.78, 5) is 0. The maximum atomic E-state index is 13.6. The second kappa shape index (κ2) is 6.58. The fraction of sp³-hybridized carbons (Fsp3) is 0.500. The van der Waals surface area contributed by atoms with Crippen LogP contribution in [0.4, 0.5) is 23.2 Å². The van der Waals surface area contributed by atoms with E-state index in [4.69, 9.17) is 5.73 Å². The quantitative estimate of drug-likeness (QED) is 0.632. The second-order valence-electron chi connectivity index (χ2n) is 3.48. The van der Waals surface area contributed by atoms with Crippen molar-refractivity contribution in [1.29, 1.82) is 0 Å². The molecule has 18 heavy (non-hydrogen) atoms. The van der Waals surface area contributed by atoms with Crippen molar-refractivity contribution in [3.63, 3.8) is 0 Å². The maximum absolute atomic E-state index is 13.6. The third kappa shape index (κ3) is 3.87. The Morgan fingerprint density at radius 1 is 1.22 bits per heavy atom. The Labute approximate surface area is 104 Å². The summed E-state index contributed by atoms with van der Waals surface area (Å²) in [5.41, 5.74) is 3.80. The van der Waals surface area contributed by atoms with Gasteiger partial charge in [0.25, 0.3) is 0 Å². The Balaban J connectivity index is 0.00000137. The number of anilines is 1. The summed E-state index contributed by atoms with van der Waals surface area (Å²) in [5.74, 6) is -1.27. The first-order valence-corrected chi connectivity index (χ1v) is 5.60. The molecular formula is C12H18F4N2. The minimum Gasteiger partial charge on any atom is -0.399 e. The van der Waals surface area contributed by atoms with Crippen LogP contribution in [0, 0.1) is 5.82 Å². The van der Waals surface area contributed by atoms with E-state index in [1.165, 1.54) is 13.1 Å². The maximum Gasteiger partial charge on any atom is 0.419 e. The van der Waals surface area contributed by atoms with E-state index >= 15 is 0 Å². The van der Waals surface area contributed by atoms with E-state index in [9.17, 15) is 17.6 Å². The van der Waals surface area contributed by atoms with Crippen LogP contribution < -0.4 is 11.1 Å². The van der Waals surface area contributed by atoms with Crippen molar-refractivity contribution in [3.05, 3.63) is 29.1 Å². The molecule has 104 valence electrons. The van der Waals surface area contributed by atoms with E-state index < -0.39 is 23.6 Å². The zero-order valence-corrected chi connectivity index (χ0v) is 10.8. The van der Waals surface area contributed by atoms with Gasteiger partial charge in [0.05, 0.1) is 5.56 Å². The van der Waals surface area contributed by atoms with Gasteiger partial charge >= 0.3 is 6.18 Å². The van der Waals surface area contributed by atoms with Crippen molar-refractivity contribution in [2.24, 2.45) is 0 Å². The van der Waals surface area contributed by atoms with E-state index in [1.807, 2.05) is 13.8 Å². The molecule has 1 atom stereocenters. The predicted octanol–water partition coefficient (Wildman–Crippen LogP) is 3.73. The van der Waals surface area contributed by atoms with Gasteiger partial charge in [0.1, 0.15) is 5.82 Å². The van der Waals surface area contributed by atoms with Crippen LogP contribution in [-0.2, 0) is 6.18 Å². The van der Waals surface area contributed by atoms with Crippen LogP contribution in [0.2, 0.25) is 0 Å². The van der Waals surface area contributed by atoms with Crippen LogP contribution in [0.1, 0.15) is 37.9 Å². The highest BCUT2D eigenvalue weighted by Gasteiger charge is 2.35. The Bertz CT molecular complexity index is 388. The number of alkyl halides is 3. The molecule has 0 aliphatic rings. The minimum absolute atomic E-state index is 0.0881. The lowest BCUT2D eigenvalue weighted by Crippen LogP contribution is -2.18. The number of benzene rings is 1. The highest BCUT2D eigenvalue weighted by atomic mass is 19.4. The standard InChI is InChI=1S/C10H12F4N2.C2H6/c1-5(16-2)7-3-6(15)4-8(9(7)11)10(12,13)14;1-2/h3-5,16H,15H2,1-2H3;1-2H3/t5-;/m1./s1. The number of nitrogens with two attached hydrogens (primary N) is 1. The Morgan fingerprint density at radius 3 is 2.11 bits per heavy atom. The van der Waals surface area contributed by atoms with Crippen LogP contribution in [0.25, 0.3) is 0 Å². The Morgan fingerprint density at radius 2 is 1.72 bits per heavy atom. The van der Waals surface area contributed by atoms with Gasteiger partial charge in [0.15, 0.2) is 0 Å². The predicted molar refractivity (Wildman–Crippen MR) is 64.6 cm³/mol. The molecule has 0 radical (unpaired) electrons. The molecule has 1 aromatic rings. The largest absolute Gasteiger partial charge is 0.419 e. The SMILES string of the molecule is CC.CN[C@H](C)c1cc(N)cc(C(F)(F)F)c1F. The topological polar surface area (TPSA) is 38.0 Å². The van der Waals surface area contributed by atoms with E-state index in [1.54, 1.807) is 6.92 Å². The molecule has 0 heterocycles. The average Bonchev–Trinajstić information content (AvgIpc) is 2.32. The van der Waals surface area contributed by atoms with E-state index in [-0.39, 0.29) is 11.3 Å². The number of halogens is 4. The molecule has 3 N–H and O–H groups in total. The molecule has 0 amide bonds. The molecule has 0 aliphatic carbocycles. The molecule has 0 saturated carbocycles. The van der Waals surface area contributed by atoms with Crippen molar-refractivity contribution in [2.45, 2.75) is 33.0 Å². The summed E-state index contributed by atoms with van der Waals surface area (Å²) < 4.78 is 51.0. The summed E-state index contributed by atoms with van der Waals surface area (Å²) in [6.07, 6.45) is -4.73. The van der Waals surface area contributed by atoms with Crippen molar-refractivity contribution in [3.8, 4) is 0 Å². The highest BCUT2D eigenvalue weighted by molar-refractivity contribution is 5.47. The second-order valence-corrected chi connectivity index (χ2v) is 3.48. The van der Waals surface area contributed by atoms with Crippen LogP contribution in [0.5, 0.6) is 0 Å². The highest BCUT2D eigenvalue weighted by Crippen LogP contribution is 2.35. The molecule has 0 aliphatic heterocycles. The van der Waals surface area contributed by atoms with Crippen LogP contribution >= 0.6 is 0 Å². The van der Waals surface area contributed by atoms with E-state index in [0.29, 0.717) is 6.07 Å². The molecule has 1 rings (SSSR count). The van der Waals surface area contributed by atoms with Crippen LogP contribution in [-0.4, -0.2) is 7.05 Å². The van der Waals surface area contributed by atoms with Crippen molar-refractivity contribution in [2.75, 3.05) is 12.8 Å². The number of nitrogen functional groups attached to an aromatic ring is 1. The monoisotopic (exact) mass is 266 g/mol. The van der Waals surface area contributed by atoms with Crippen molar-refractivity contribution < 1.29 is 17.6 Å². The van der Waals surface area contributed by atoms with Gasteiger partial charge in [-0.25, -0.2) is 4.39 Å². The fourth-order valence-electron chi connectivity index (χ4n) is 1.35. The summed E-state index contributed by atoms with van der Waals surface area (Å²) in [6, 6.07) is 1.26. The number of rotatable bonds is 2. The average molecular weight is 266 g/mol. The van der Waals surface area contributed by atoms with Crippen molar-refractivity contribution >= 4 is 5.69 Å². The molecule has 0 fully saturated rings. The summed E-state index contributed by atoms with van der Waals surface area (Å²) in [6.45, 7) is 5.55. The molecule has 0 saturated heterocycles. The number of nitrogens with one attached hydrogen (secondary N) is 1. The Hall–Kier alpha value is -1.30. The van der Waals surface area contributed by atoms with Gasteiger partial charge in [0.2, 0.25) is 0 Å². The van der Waals surface area contributed by atoms with Gasteiger partial charge in [0, 0.05) is 17.3 Å². The molecule has 0 spiro atoms. The van der Waals surface area contributed by atoms with Gasteiger partial charge in [-0.3, -0.25) is 0 Å². The molecule has 6 heteroatoms. The lowest BCUT2D eigenvalue weighted by atomic mass is 10.0. The van der Waals surface area contributed by atoms with Crippen molar-refractivity contribution in [1.82, 2.24) is 5.32 Å². The first-order valence-electron chi connectivity index (χ1n) is 5.60. The van der Waals surface area contributed by atoms with Gasteiger partial charge in [-0.1, -0.05) is 13.8 Å². The van der Waals surface area contributed by atoms with Crippen LogP contribution in [0.3, 0.4) is 0 Å². The summed E-state index contributed by atoms with van der Waals surface area (Å²) >= 11 is 0. The zero-order valence-electron chi connectivity index (χ0n) is 10.8. The third-order valence-corrected chi connectivity index (χ3v) is 2.33. The zero-order chi connectivity index (χ0) is 14.5. The lowest BCUT2D eigenvalue weighted by molar-refractivity contribution is -0.140. The first-order chi connectivity index (χ1) is 8.27.